The smallest absolute Gasteiger partial charge is 0.132 e. The zero-order valence-corrected chi connectivity index (χ0v) is 22.6. The Labute approximate surface area is 215 Å². The van der Waals surface area contributed by atoms with Crippen molar-refractivity contribution in [3.05, 3.63) is 76.3 Å². The van der Waals surface area contributed by atoms with Crippen LogP contribution in [0.15, 0.2) is 48.5 Å². The molecule has 3 aromatic rings. The van der Waals surface area contributed by atoms with Crippen molar-refractivity contribution in [3.63, 3.8) is 0 Å². The minimum atomic E-state index is -0.367. The molecule has 5 heteroatoms. The predicted molar refractivity (Wildman–Crippen MR) is 148 cm³/mol. The van der Waals surface area contributed by atoms with Crippen LogP contribution in [0.3, 0.4) is 0 Å². The highest BCUT2D eigenvalue weighted by molar-refractivity contribution is 5.75. The molecule has 2 aliphatic rings. The van der Waals surface area contributed by atoms with Gasteiger partial charge in [0.15, 0.2) is 0 Å². The second-order valence-corrected chi connectivity index (χ2v) is 10.6. The van der Waals surface area contributed by atoms with Crippen molar-refractivity contribution < 1.29 is 14.2 Å². The van der Waals surface area contributed by atoms with Gasteiger partial charge in [0.2, 0.25) is 0 Å². The van der Waals surface area contributed by atoms with Gasteiger partial charge in [-0.15, -0.1) is 0 Å². The molecule has 1 atom stereocenters. The molecular formula is C31H38N2O3. The molecule has 0 saturated carbocycles. The lowest BCUT2D eigenvalue weighted by Crippen LogP contribution is -2.47. The molecule has 2 aliphatic heterocycles. The van der Waals surface area contributed by atoms with E-state index in [4.69, 9.17) is 14.2 Å². The molecule has 0 bridgehead atoms. The van der Waals surface area contributed by atoms with E-state index in [2.05, 4.69) is 80.8 Å². The van der Waals surface area contributed by atoms with Crippen molar-refractivity contribution in [2.24, 2.45) is 0 Å². The number of nitrogens with zero attached hydrogens (tertiary/aromatic N) is 2. The summed E-state index contributed by atoms with van der Waals surface area (Å²) in [6.07, 6.45) is 0. The van der Waals surface area contributed by atoms with E-state index in [1.807, 2.05) is 12.1 Å². The van der Waals surface area contributed by atoms with Crippen LogP contribution in [-0.4, -0.2) is 46.0 Å². The monoisotopic (exact) mass is 486 g/mol. The van der Waals surface area contributed by atoms with Gasteiger partial charge in [0, 0.05) is 48.6 Å². The Morgan fingerprint density at radius 2 is 1.39 bits per heavy atom. The lowest BCUT2D eigenvalue weighted by atomic mass is 9.79. The van der Waals surface area contributed by atoms with Crippen molar-refractivity contribution in [2.75, 3.05) is 50.2 Å². The number of aryl methyl sites for hydroxylation is 1. The molecule has 190 valence electrons. The summed E-state index contributed by atoms with van der Waals surface area (Å²) in [5.74, 6) is 2.95. The Kier molecular flexibility index (Phi) is 6.27. The molecule has 3 aromatic carbocycles. The Balaban J connectivity index is 1.48. The van der Waals surface area contributed by atoms with Crippen LogP contribution in [0.2, 0.25) is 0 Å². The van der Waals surface area contributed by atoms with E-state index in [9.17, 15) is 0 Å². The summed E-state index contributed by atoms with van der Waals surface area (Å²) in [5, 5.41) is 0. The van der Waals surface area contributed by atoms with Gasteiger partial charge in [-0.05, 0) is 64.4 Å². The summed E-state index contributed by atoms with van der Waals surface area (Å²) in [6.45, 7) is 14.7. The number of ether oxygens (including phenoxy) is 3. The maximum atomic E-state index is 6.73. The van der Waals surface area contributed by atoms with E-state index in [0.29, 0.717) is 0 Å². The quantitative estimate of drug-likeness (QED) is 0.425. The van der Waals surface area contributed by atoms with E-state index in [-0.39, 0.29) is 11.5 Å². The van der Waals surface area contributed by atoms with Crippen LogP contribution in [0.5, 0.6) is 17.2 Å². The standard InChI is InChI=1S/C31H38N2O3/c1-20-8-10-23(11-9-20)27-26-29(35-7)21(2)28(22(3)30(26)36-31(27,4)5)33-18-16-32(17-19-33)24-12-14-25(34-6)15-13-24/h8-15,27H,16-19H2,1-7H3. The van der Waals surface area contributed by atoms with E-state index < -0.39 is 0 Å². The molecular weight excluding hydrogens is 448 g/mol. The molecule has 0 radical (unpaired) electrons. The fourth-order valence-corrected chi connectivity index (χ4v) is 6.11. The van der Waals surface area contributed by atoms with Crippen molar-refractivity contribution in [2.45, 2.75) is 46.1 Å². The lowest BCUT2D eigenvalue weighted by molar-refractivity contribution is 0.121. The molecule has 5 rings (SSSR count). The third-order valence-electron chi connectivity index (χ3n) is 7.88. The van der Waals surface area contributed by atoms with Gasteiger partial charge >= 0.3 is 0 Å². The maximum Gasteiger partial charge on any atom is 0.132 e. The SMILES string of the molecule is COc1ccc(N2CCN(c3c(C)c(OC)c4c(c3C)OC(C)(C)C4c3ccc(C)cc3)CC2)cc1. The van der Waals surface area contributed by atoms with Crippen LogP contribution in [-0.2, 0) is 0 Å². The fourth-order valence-electron chi connectivity index (χ4n) is 6.11. The lowest BCUT2D eigenvalue weighted by Gasteiger charge is -2.39. The molecule has 36 heavy (non-hydrogen) atoms. The van der Waals surface area contributed by atoms with E-state index >= 15 is 0 Å². The van der Waals surface area contributed by atoms with Crippen molar-refractivity contribution in [1.29, 1.82) is 0 Å². The summed E-state index contributed by atoms with van der Waals surface area (Å²) >= 11 is 0. The molecule has 5 nitrogen and oxygen atoms in total. The summed E-state index contributed by atoms with van der Waals surface area (Å²) in [7, 11) is 3.50. The molecule has 0 aromatic heterocycles. The minimum Gasteiger partial charge on any atom is -0.497 e. The largest absolute Gasteiger partial charge is 0.497 e. The number of benzene rings is 3. The first-order valence-corrected chi connectivity index (χ1v) is 12.9. The van der Waals surface area contributed by atoms with Crippen LogP contribution in [0.1, 0.15) is 47.6 Å². The van der Waals surface area contributed by atoms with Crippen LogP contribution in [0.25, 0.3) is 0 Å². The van der Waals surface area contributed by atoms with Gasteiger partial charge in [0.1, 0.15) is 22.8 Å². The highest BCUT2D eigenvalue weighted by Crippen LogP contribution is 2.57. The predicted octanol–water partition coefficient (Wildman–Crippen LogP) is 6.26. The molecule has 1 unspecified atom stereocenters. The number of methoxy groups -OCH3 is 2. The zero-order chi connectivity index (χ0) is 25.6. The topological polar surface area (TPSA) is 34.2 Å². The fraction of sp³-hybridized carbons (Fsp3) is 0.419. The number of rotatable bonds is 5. The van der Waals surface area contributed by atoms with E-state index in [1.165, 1.54) is 39.2 Å². The summed E-state index contributed by atoms with van der Waals surface area (Å²) in [4.78, 5) is 4.95. The molecule has 0 spiro atoms. The number of fused-ring (bicyclic) bond motifs is 1. The van der Waals surface area contributed by atoms with Crippen molar-refractivity contribution >= 4 is 11.4 Å². The molecule has 1 fully saturated rings. The van der Waals surface area contributed by atoms with Crippen molar-refractivity contribution in [1.82, 2.24) is 0 Å². The minimum absolute atomic E-state index is 0.112. The Morgan fingerprint density at radius 3 is 1.97 bits per heavy atom. The molecule has 0 amide bonds. The number of piperazine rings is 1. The van der Waals surface area contributed by atoms with Gasteiger partial charge in [0.25, 0.3) is 0 Å². The third kappa shape index (κ3) is 4.04. The van der Waals surface area contributed by atoms with Gasteiger partial charge in [0.05, 0.1) is 25.8 Å². The molecule has 0 aliphatic carbocycles. The number of anilines is 2. The van der Waals surface area contributed by atoms with Gasteiger partial charge < -0.3 is 24.0 Å². The molecule has 0 N–H and O–H groups in total. The third-order valence-corrected chi connectivity index (χ3v) is 7.88. The van der Waals surface area contributed by atoms with E-state index in [1.54, 1.807) is 14.2 Å². The van der Waals surface area contributed by atoms with Gasteiger partial charge in [-0.25, -0.2) is 0 Å². The summed E-state index contributed by atoms with van der Waals surface area (Å²) < 4.78 is 18.2. The van der Waals surface area contributed by atoms with Gasteiger partial charge in [-0.1, -0.05) is 29.8 Å². The number of hydrogen-bond donors (Lipinski definition) is 0. The first kappa shape index (κ1) is 24.4. The first-order chi connectivity index (χ1) is 17.2. The zero-order valence-electron chi connectivity index (χ0n) is 22.6. The average molecular weight is 487 g/mol. The molecule has 1 saturated heterocycles. The number of hydrogen-bond acceptors (Lipinski definition) is 5. The van der Waals surface area contributed by atoms with Crippen LogP contribution in [0, 0.1) is 20.8 Å². The maximum absolute atomic E-state index is 6.73. The highest BCUT2D eigenvalue weighted by Gasteiger charge is 2.46. The van der Waals surface area contributed by atoms with Crippen LogP contribution >= 0.6 is 0 Å². The summed E-state index contributed by atoms with van der Waals surface area (Å²) in [6, 6.07) is 17.2. The van der Waals surface area contributed by atoms with Crippen LogP contribution < -0.4 is 24.0 Å². The summed E-state index contributed by atoms with van der Waals surface area (Å²) in [5.41, 5.74) is 8.24. The van der Waals surface area contributed by atoms with Gasteiger partial charge in [-0.3, -0.25) is 0 Å². The Morgan fingerprint density at radius 1 is 0.778 bits per heavy atom. The molecule has 2 heterocycles. The van der Waals surface area contributed by atoms with Crippen LogP contribution in [0.4, 0.5) is 11.4 Å². The first-order valence-electron chi connectivity index (χ1n) is 12.9. The second-order valence-electron chi connectivity index (χ2n) is 10.6. The Bertz CT molecular complexity index is 1240. The second kappa shape index (κ2) is 9.27. The highest BCUT2D eigenvalue weighted by atomic mass is 16.5. The Hall–Kier alpha value is -3.34. The van der Waals surface area contributed by atoms with Gasteiger partial charge in [-0.2, -0.15) is 0 Å². The van der Waals surface area contributed by atoms with E-state index in [0.717, 1.165) is 43.4 Å². The average Bonchev–Trinajstić information content (AvgIpc) is 3.16. The van der Waals surface area contributed by atoms with Crippen molar-refractivity contribution in [3.8, 4) is 17.2 Å². The normalized spacial score (nSPS) is 18.6.